The van der Waals surface area contributed by atoms with Gasteiger partial charge in [-0.05, 0) is 175 Å². The first-order valence-corrected chi connectivity index (χ1v) is 27.0. The van der Waals surface area contributed by atoms with Crippen LogP contribution >= 0.6 is 0 Å². The Labute approximate surface area is 450 Å². The summed E-state index contributed by atoms with van der Waals surface area (Å²) in [4.78, 5) is 4.86. The first-order valence-electron chi connectivity index (χ1n) is 27.0. The Kier molecular flexibility index (Phi) is 9.96. The van der Waals surface area contributed by atoms with E-state index in [9.17, 15) is 0 Å². The monoisotopic (exact) mass is 985 g/mol. The highest BCUT2D eigenvalue weighted by Gasteiger charge is 2.38. The van der Waals surface area contributed by atoms with E-state index in [1.54, 1.807) is 0 Å². The lowest BCUT2D eigenvalue weighted by Gasteiger charge is -2.31. The van der Waals surface area contributed by atoms with Gasteiger partial charge in [0.2, 0.25) is 0 Å². The highest BCUT2D eigenvalue weighted by atomic mass is 15.2. The average molecular weight is 986 g/mol. The fourth-order valence-corrected chi connectivity index (χ4v) is 13.2. The zero-order valence-electron chi connectivity index (χ0n) is 43.7. The normalized spacial score (nSPS) is 13.7. The molecule has 0 saturated heterocycles. The van der Waals surface area contributed by atoms with E-state index in [-0.39, 0.29) is 10.8 Å². The number of rotatable bonds is 8. The molecule has 1 aromatic heterocycles. The van der Waals surface area contributed by atoms with Crippen LogP contribution in [0.4, 0.5) is 34.1 Å². The molecule has 0 aliphatic heterocycles. The van der Waals surface area contributed by atoms with Gasteiger partial charge in [0.1, 0.15) is 0 Å². The summed E-state index contributed by atoms with van der Waals surface area (Å²) in [5.74, 6) is 0. The molecule has 0 saturated carbocycles. The molecule has 12 aromatic carbocycles. The molecule has 0 radical (unpaired) electrons. The summed E-state index contributed by atoms with van der Waals surface area (Å²) < 4.78 is 2.42. The number of hydrogen-bond donors (Lipinski definition) is 0. The fourth-order valence-electron chi connectivity index (χ4n) is 13.2. The third kappa shape index (κ3) is 6.97. The minimum absolute atomic E-state index is 0.149. The SMILES string of the molecule is CC1(C)c2ccccc2-c2ccc(N(c3ccc(N(c4ccccc4)c4cccc5ccccc45)cc3)c3ccc4c(c3)C(C)(C)c3cc(-c5ccc6c(c5)c5ccccc5n6-c5ccc6ccccc6c5)ccc3-4)cc21. The highest BCUT2D eigenvalue weighted by molar-refractivity contribution is 6.11. The molecule has 0 N–H and O–H groups in total. The van der Waals surface area contributed by atoms with Gasteiger partial charge < -0.3 is 14.4 Å². The fraction of sp³-hybridized carbons (Fsp3) is 0.0811. The van der Waals surface area contributed by atoms with Gasteiger partial charge in [-0.2, -0.15) is 0 Å². The Balaban J connectivity index is 0.832. The Morgan fingerprint density at radius 3 is 1.55 bits per heavy atom. The van der Waals surface area contributed by atoms with Gasteiger partial charge in [0.05, 0.1) is 16.7 Å². The molecule has 15 rings (SSSR count). The zero-order valence-corrected chi connectivity index (χ0v) is 43.7. The summed E-state index contributed by atoms with van der Waals surface area (Å²) in [6, 6.07) is 96.9. The van der Waals surface area contributed by atoms with Crippen LogP contribution in [0.25, 0.3) is 82.4 Å². The maximum Gasteiger partial charge on any atom is 0.0541 e. The van der Waals surface area contributed by atoms with Crippen molar-refractivity contribution in [1.29, 1.82) is 0 Å². The molecule has 3 heteroatoms. The number of hydrogen-bond acceptors (Lipinski definition) is 2. The van der Waals surface area contributed by atoms with Gasteiger partial charge >= 0.3 is 0 Å². The van der Waals surface area contributed by atoms with E-state index < -0.39 is 0 Å². The predicted octanol–water partition coefficient (Wildman–Crippen LogP) is 20.3. The Morgan fingerprint density at radius 1 is 0.286 bits per heavy atom. The van der Waals surface area contributed by atoms with E-state index in [0.717, 1.165) is 34.1 Å². The van der Waals surface area contributed by atoms with E-state index >= 15 is 0 Å². The van der Waals surface area contributed by atoms with Crippen molar-refractivity contribution in [3.05, 3.63) is 283 Å². The summed E-state index contributed by atoms with van der Waals surface area (Å²) in [6.45, 7) is 9.56. The van der Waals surface area contributed by atoms with E-state index in [4.69, 9.17) is 0 Å². The number of benzene rings is 12. The molecule has 366 valence electrons. The Hall–Kier alpha value is -9.44. The van der Waals surface area contributed by atoms with Crippen LogP contribution in [0.2, 0.25) is 0 Å². The molecule has 2 aliphatic rings. The van der Waals surface area contributed by atoms with Crippen molar-refractivity contribution in [2.45, 2.75) is 38.5 Å². The lowest BCUT2D eigenvalue weighted by Crippen LogP contribution is -2.18. The number of anilines is 6. The van der Waals surface area contributed by atoms with E-state index in [2.05, 4.69) is 303 Å². The van der Waals surface area contributed by atoms with Crippen molar-refractivity contribution in [2.24, 2.45) is 0 Å². The third-order valence-electron chi connectivity index (χ3n) is 17.1. The molecular weight excluding hydrogens is 931 g/mol. The molecule has 0 amide bonds. The Morgan fingerprint density at radius 2 is 0.792 bits per heavy atom. The molecule has 0 fully saturated rings. The summed E-state index contributed by atoms with van der Waals surface area (Å²) in [5, 5.41) is 7.43. The number of aromatic nitrogens is 1. The molecular formula is C74H55N3. The molecule has 77 heavy (non-hydrogen) atoms. The van der Waals surface area contributed by atoms with Crippen molar-refractivity contribution in [2.75, 3.05) is 9.80 Å². The standard InChI is InChI=1S/C74H55N3/c1-73(2)66-26-14-12-24-60(66)62-40-37-57(46-68(62)73)75(54-33-35-55(36-34-54)76(53-21-6-5-7-22-53)70-28-16-20-49-18-10-11-23-59(49)70)58-38-41-63-61-39-30-52(45-67(61)74(3,4)69(63)47-58)51-31-42-72-65(44-51)64-25-13-15-27-71(64)77(72)56-32-29-48-17-8-9-19-50(48)43-56/h5-47H,1-4H3. The highest BCUT2D eigenvalue weighted by Crippen LogP contribution is 2.54. The van der Waals surface area contributed by atoms with Crippen LogP contribution in [0.1, 0.15) is 49.9 Å². The van der Waals surface area contributed by atoms with Crippen molar-refractivity contribution < 1.29 is 0 Å². The number of nitrogens with zero attached hydrogens (tertiary/aromatic N) is 3. The molecule has 0 spiro atoms. The zero-order chi connectivity index (χ0) is 51.6. The van der Waals surface area contributed by atoms with Crippen LogP contribution in [0.3, 0.4) is 0 Å². The van der Waals surface area contributed by atoms with Crippen molar-refractivity contribution in [1.82, 2.24) is 4.57 Å². The van der Waals surface area contributed by atoms with Crippen LogP contribution in [-0.4, -0.2) is 4.57 Å². The van der Waals surface area contributed by atoms with E-state index in [1.165, 1.54) is 105 Å². The van der Waals surface area contributed by atoms with Crippen LogP contribution in [0.5, 0.6) is 0 Å². The maximum atomic E-state index is 2.47. The molecule has 0 bridgehead atoms. The Bertz CT molecular complexity index is 4510. The quantitative estimate of drug-likeness (QED) is 0.150. The lowest BCUT2D eigenvalue weighted by atomic mass is 9.81. The van der Waals surface area contributed by atoms with Gasteiger partial charge in [-0.1, -0.05) is 185 Å². The largest absolute Gasteiger partial charge is 0.310 e. The second kappa shape index (κ2) is 17.0. The van der Waals surface area contributed by atoms with E-state index in [1.807, 2.05) is 0 Å². The average Bonchev–Trinajstić information content (AvgIpc) is 4.10. The van der Waals surface area contributed by atoms with Crippen LogP contribution in [0.15, 0.2) is 261 Å². The molecule has 13 aromatic rings. The third-order valence-corrected chi connectivity index (χ3v) is 17.1. The minimum atomic E-state index is -0.265. The first-order chi connectivity index (χ1) is 37.7. The summed E-state index contributed by atoms with van der Waals surface area (Å²) >= 11 is 0. The second-order valence-corrected chi connectivity index (χ2v) is 22.2. The maximum absolute atomic E-state index is 2.47. The molecule has 3 nitrogen and oxygen atoms in total. The summed E-state index contributed by atoms with van der Waals surface area (Å²) in [7, 11) is 0. The van der Waals surface area contributed by atoms with Crippen molar-refractivity contribution in [3.8, 4) is 39.1 Å². The number of fused-ring (bicyclic) bond motifs is 11. The van der Waals surface area contributed by atoms with Gasteiger partial charge in [0, 0.05) is 61.1 Å². The number of para-hydroxylation sites is 2. The molecule has 0 atom stereocenters. The summed E-state index contributed by atoms with van der Waals surface area (Å²) in [6.07, 6.45) is 0. The predicted molar refractivity (Wildman–Crippen MR) is 326 cm³/mol. The van der Waals surface area contributed by atoms with Gasteiger partial charge in [-0.3, -0.25) is 0 Å². The molecule has 2 aliphatic carbocycles. The topological polar surface area (TPSA) is 11.4 Å². The molecule has 1 heterocycles. The molecule has 0 unspecified atom stereocenters. The van der Waals surface area contributed by atoms with Gasteiger partial charge in [-0.25, -0.2) is 0 Å². The second-order valence-electron chi connectivity index (χ2n) is 22.2. The first kappa shape index (κ1) is 45.0. The van der Waals surface area contributed by atoms with Crippen LogP contribution in [-0.2, 0) is 10.8 Å². The smallest absolute Gasteiger partial charge is 0.0541 e. The lowest BCUT2D eigenvalue weighted by molar-refractivity contribution is 0.660. The minimum Gasteiger partial charge on any atom is -0.310 e. The van der Waals surface area contributed by atoms with Gasteiger partial charge in [0.25, 0.3) is 0 Å². The van der Waals surface area contributed by atoms with E-state index in [0.29, 0.717) is 0 Å². The van der Waals surface area contributed by atoms with Crippen LogP contribution in [0, 0.1) is 0 Å². The summed E-state index contributed by atoms with van der Waals surface area (Å²) in [5.41, 5.74) is 23.0. The van der Waals surface area contributed by atoms with Crippen molar-refractivity contribution >= 4 is 77.5 Å². The van der Waals surface area contributed by atoms with Gasteiger partial charge in [0.15, 0.2) is 0 Å². The van der Waals surface area contributed by atoms with Gasteiger partial charge in [-0.15, -0.1) is 0 Å². The van der Waals surface area contributed by atoms with Crippen LogP contribution < -0.4 is 9.80 Å². The van der Waals surface area contributed by atoms with Crippen molar-refractivity contribution in [3.63, 3.8) is 0 Å².